The number of nitrogens with one attached hydrogen (secondary N) is 3. The number of aromatic nitrogens is 1. The number of benzene rings is 2. The first-order valence-electron chi connectivity index (χ1n) is 10.2. The van der Waals surface area contributed by atoms with E-state index >= 15 is 0 Å². The average molecular weight is 429 g/mol. The maximum Gasteiger partial charge on any atom is 0.337 e. The quantitative estimate of drug-likeness (QED) is 0.453. The number of aromatic carboxylic acids is 1. The van der Waals surface area contributed by atoms with Gasteiger partial charge in [0.05, 0.1) is 17.2 Å². The highest BCUT2D eigenvalue weighted by atomic mass is 16.4. The van der Waals surface area contributed by atoms with Gasteiger partial charge in [-0.15, -0.1) is 0 Å². The summed E-state index contributed by atoms with van der Waals surface area (Å²) in [6, 6.07) is 14.5. The maximum atomic E-state index is 12.8. The number of carbonyl (C=O) groups is 3. The normalized spacial score (nSPS) is 14.7. The highest BCUT2D eigenvalue weighted by Gasteiger charge is 2.27. The molecule has 4 rings (SSSR count). The van der Waals surface area contributed by atoms with E-state index in [1.54, 1.807) is 38.1 Å². The van der Waals surface area contributed by atoms with E-state index in [9.17, 15) is 19.5 Å². The van der Waals surface area contributed by atoms with Gasteiger partial charge in [-0.2, -0.15) is 0 Å². The summed E-state index contributed by atoms with van der Waals surface area (Å²) in [6.45, 7) is 5.28. The molecule has 7 heteroatoms. The molecule has 2 heterocycles. The summed E-state index contributed by atoms with van der Waals surface area (Å²) in [6.07, 6.45) is 1.63. The van der Waals surface area contributed by atoms with Gasteiger partial charge in [-0.25, -0.2) is 4.79 Å². The molecule has 0 spiro atoms. The Balaban J connectivity index is 1.66. The van der Waals surface area contributed by atoms with Gasteiger partial charge in [0.1, 0.15) is 0 Å². The molecule has 0 saturated heterocycles. The molecule has 0 unspecified atom stereocenters. The minimum atomic E-state index is -1.02. The molecular formula is C25H23N3O4. The first-order valence-corrected chi connectivity index (χ1v) is 10.2. The van der Waals surface area contributed by atoms with Crippen LogP contribution in [0.15, 0.2) is 48.5 Å². The second kappa shape index (κ2) is 8.19. The summed E-state index contributed by atoms with van der Waals surface area (Å²) in [5.74, 6) is -1.58. The van der Waals surface area contributed by atoms with Gasteiger partial charge in [-0.3, -0.25) is 9.59 Å². The van der Waals surface area contributed by atoms with Crippen molar-refractivity contribution in [3.05, 3.63) is 87.7 Å². The summed E-state index contributed by atoms with van der Waals surface area (Å²) in [5.41, 5.74) is 4.80. The standard InChI is InChI=1S/C25H23N3O4/c1-13-21(26-15(3)22(13)25(31)32)12-19-18-11-17(9-10-20(18)28-24(19)30)23(29)27-14(2)16-7-5-4-6-8-16/h4-12,14,26H,1-3H3,(H,27,29)(H,28,30)(H,31,32)/t14-/m1/s1. The molecule has 1 aliphatic rings. The van der Waals surface area contributed by atoms with Crippen molar-refractivity contribution in [3.8, 4) is 0 Å². The third kappa shape index (κ3) is 3.80. The fourth-order valence-corrected chi connectivity index (χ4v) is 3.96. The van der Waals surface area contributed by atoms with Gasteiger partial charge in [-0.1, -0.05) is 30.3 Å². The highest BCUT2D eigenvalue weighted by molar-refractivity contribution is 6.35. The van der Waals surface area contributed by atoms with Crippen molar-refractivity contribution in [2.45, 2.75) is 26.8 Å². The molecule has 0 fully saturated rings. The van der Waals surface area contributed by atoms with Crippen LogP contribution in [0.1, 0.15) is 61.8 Å². The smallest absolute Gasteiger partial charge is 0.337 e. The first kappa shape index (κ1) is 21.1. The summed E-state index contributed by atoms with van der Waals surface area (Å²) in [4.78, 5) is 40.0. The van der Waals surface area contributed by atoms with Gasteiger partial charge in [0, 0.05) is 28.2 Å². The fraction of sp³-hybridized carbons (Fsp3) is 0.160. The first-order chi connectivity index (χ1) is 15.3. The number of aromatic amines is 1. The lowest BCUT2D eigenvalue weighted by Gasteiger charge is -2.14. The number of fused-ring (bicyclic) bond motifs is 1. The molecule has 0 saturated carbocycles. The van der Waals surface area contributed by atoms with Crippen molar-refractivity contribution in [1.82, 2.24) is 10.3 Å². The SMILES string of the molecule is Cc1[nH]c(C=C2C(=O)Nc3ccc(C(=O)N[C@H](C)c4ccccc4)cc32)c(C)c1C(=O)O. The number of rotatable bonds is 5. The molecule has 1 aromatic heterocycles. The second-order valence-corrected chi connectivity index (χ2v) is 7.85. The van der Waals surface area contributed by atoms with Gasteiger partial charge in [-0.05, 0) is 56.2 Å². The minimum Gasteiger partial charge on any atom is -0.478 e. The number of carbonyl (C=O) groups excluding carboxylic acids is 2. The Morgan fingerprint density at radius 1 is 1.09 bits per heavy atom. The Morgan fingerprint density at radius 2 is 1.81 bits per heavy atom. The third-order valence-corrected chi connectivity index (χ3v) is 5.69. The molecule has 4 N–H and O–H groups in total. The Bertz CT molecular complexity index is 1270. The van der Waals surface area contributed by atoms with Crippen LogP contribution < -0.4 is 10.6 Å². The van der Waals surface area contributed by atoms with Crippen molar-refractivity contribution in [3.63, 3.8) is 0 Å². The molecule has 32 heavy (non-hydrogen) atoms. The van der Waals surface area contributed by atoms with Crippen LogP contribution in [-0.2, 0) is 4.79 Å². The van der Waals surface area contributed by atoms with E-state index in [1.807, 2.05) is 37.3 Å². The molecule has 0 aliphatic carbocycles. The number of hydrogen-bond donors (Lipinski definition) is 4. The van der Waals surface area contributed by atoms with E-state index in [4.69, 9.17) is 0 Å². The molecular weight excluding hydrogens is 406 g/mol. The van der Waals surface area contributed by atoms with Crippen molar-refractivity contribution >= 4 is 35.1 Å². The number of H-pyrrole nitrogens is 1. The van der Waals surface area contributed by atoms with Crippen molar-refractivity contribution in [2.75, 3.05) is 5.32 Å². The highest BCUT2D eigenvalue weighted by Crippen LogP contribution is 2.35. The fourth-order valence-electron chi connectivity index (χ4n) is 3.96. The second-order valence-electron chi connectivity index (χ2n) is 7.85. The van der Waals surface area contributed by atoms with Crippen LogP contribution in [0.5, 0.6) is 0 Å². The van der Waals surface area contributed by atoms with E-state index in [2.05, 4.69) is 15.6 Å². The minimum absolute atomic E-state index is 0.175. The summed E-state index contributed by atoms with van der Waals surface area (Å²) in [5, 5.41) is 15.2. The molecule has 1 atom stereocenters. The Hall–Kier alpha value is -4.13. The molecule has 162 valence electrons. The molecule has 2 amide bonds. The largest absolute Gasteiger partial charge is 0.478 e. The van der Waals surface area contributed by atoms with Gasteiger partial charge in [0.2, 0.25) is 0 Å². The van der Waals surface area contributed by atoms with Crippen LogP contribution in [0.25, 0.3) is 11.6 Å². The zero-order valence-electron chi connectivity index (χ0n) is 17.9. The van der Waals surface area contributed by atoms with E-state index in [0.29, 0.717) is 39.3 Å². The zero-order chi connectivity index (χ0) is 23.0. The van der Waals surface area contributed by atoms with Gasteiger partial charge >= 0.3 is 5.97 Å². The lowest BCUT2D eigenvalue weighted by Crippen LogP contribution is -2.26. The van der Waals surface area contributed by atoms with Crippen LogP contribution in [0.3, 0.4) is 0 Å². The van der Waals surface area contributed by atoms with Crippen LogP contribution in [0.2, 0.25) is 0 Å². The van der Waals surface area contributed by atoms with Crippen LogP contribution >= 0.6 is 0 Å². The molecule has 7 nitrogen and oxygen atoms in total. The zero-order valence-corrected chi connectivity index (χ0v) is 17.9. The van der Waals surface area contributed by atoms with Gasteiger partial charge in [0.25, 0.3) is 11.8 Å². The predicted molar refractivity (Wildman–Crippen MR) is 122 cm³/mol. The van der Waals surface area contributed by atoms with Crippen LogP contribution in [0.4, 0.5) is 5.69 Å². The molecule has 0 bridgehead atoms. The van der Waals surface area contributed by atoms with Crippen molar-refractivity contribution in [2.24, 2.45) is 0 Å². The Kier molecular flexibility index (Phi) is 5.40. The molecule has 0 radical (unpaired) electrons. The molecule has 1 aliphatic heterocycles. The monoisotopic (exact) mass is 429 g/mol. The van der Waals surface area contributed by atoms with E-state index in [0.717, 1.165) is 5.56 Å². The van der Waals surface area contributed by atoms with E-state index < -0.39 is 5.97 Å². The number of anilines is 1. The lowest BCUT2D eigenvalue weighted by atomic mass is 10.0. The van der Waals surface area contributed by atoms with E-state index in [-0.39, 0.29) is 23.4 Å². The van der Waals surface area contributed by atoms with Crippen molar-refractivity contribution in [1.29, 1.82) is 0 Å². The Labute approximate surface area is 185 Å². The van der Waals surface area contributed by atoms with Crippen LogP contribution in [0, 0.1) is 13.8 Å². The summed E-state index contributed by atoms with van der Waals surface area (Å²) < 4.78 is 0. The van der Waals surface area contributed by atoms with Crippen LogP contribution in [-0.4, -0.2) is 27.9 Å². The number of aryl methyl sites for hydroxylation is 1. The predicted octanol–water partition coefficient (Wildman–Crippen LogP) is 4.31. The topological polar surface area (TPSA) is 111 Å². The van der Waals surface area contributed by atoms with Gasteiger partial charge < -0.3 is 20.7 Å². The van der Waals surface area contributed by atoms with E-state index in [1.165, 1.54) is 0 Å². The average Bonchev–Trinajstić information content (AvgIpc) is 3.23. The molecule has 3 aromatic rings. The number of carboxylic acid groups (broad SMARTS) is 1. The summed E-state index contributed by atoms with van der Waals surface area (Å²) in [7, 11) is 0. The number of amides is 2. The van der Waals surface area contributed by atoms with Gasteiger partial charge in [0.15, 0.2) is 0 Å². The number of hydrogen-bond acceptors (Lipinski definition) is 3. The molecule has 2 aromatic carbocycles. The number of carboxylic acids is 1. The summed E-state index contributed by atoms with van der Waals surface area (Å²) >= 11 is 0. The van der Waals surface area contributed by atoms with Crippen molar-refractivity contribution < 1.29 is 19.5 Å². The third-order valence-electron chi connectivity index (χ3n) is 5.69. The Morgan fingerprint density at radius 3 is 2.47 bits per heavy atom. The maximum absolute atomic E-state index is 12.8. The lowest BCUT2D eigenvalue weighted by molar-refractivity contribution is -0.110.